The number of rotatable bonds is 6. The number of aryl methyl sites for hydroxylation is 1. The van der Waals surface area contributed by atoms with E-state index in [0.29, 0.717) is 0 Å². The van der Waals surface area contributed by atoms with Crippen LogP contribution >= 0.6 is 0 Å². The van der Waals surface area contributed by atoms with Gasteiger partial charge in [-0.05, 0) is 97.8 Å². The van der Waals surface area contributed by atoms with Crippen LogP contribution in [0, 0.1) is 19.3 Å². The zero-order chi connectivity index (χ0) is 26.1. The monoisotopic (exact) mass is 451 g/mol. The molecule has 1 rings (SSSR count). The Morgan fingerprint density at radius 1 is 0.970 bits per heavy atom. The van der Waals surface area contributed by atoms with Crippen LogP contribution in [0.5, 0.6) is 0 Å². The van der Waals surface area contributed by atoms with Gasteiger partial charge in [0, 0.05) is 7.05 Å². The van der Waals surface area contributed by atoms with Crippen LogP contribution in [-0.2, 0) is 5.41 Å². The topological polar surface area (TPSA) is 12.4 Å². The lowest BCUT2D eigenvalue weighted by Crippen LogP contribution is -2.12. The van der Waals surface area contributed by atoms with Gasteiger partial charge in [0.05, 0.1) is 5.71 Å². The van der Waals surface area contributed by atoms with Gasteiger partial charge in [0.15, 0.2) is 0 Å². The van der Waals surface area contributed by atoms with Crippen molar-refractivity contribution in [3.63, 3.8) is 0 Å². The molecule has 0 aromatic heterocycles. The zero-order valence-electron chi connectivity index (χ0n) is 24.5. The molecule has 33 heavy (non-hydrogen) atoms. The molecule has 0 heterocycles. The highest BCUT2D eigenvalue weighted by Gasteiger charge is 2.18. The van der Waals surface area contributed by atoms with Gasteiger partial charge in [-0.25, -0.2) is 0 Å². The van der Waals surface area contributed by atoms with Gasteiger partial charge in [-0.3, -0.25) is 4.99 Å². The first kappa shape index (κ1) is 31.1. The Labute approximate surface area is 207 Å². The number of benzene rings is 1. The smallest absolute Gasteiger partial charge is 0.0593 e. The first-order valence-corrected chi connectivity index (χ1v) is 12.6. The summed E-state index contributed by atoms with van der Waals surface area (Å²) in [7, 11) is 1.80. The summed E-state index contributed by atoms with van der Waals surface area (Å²) in [6, 6.07) is 4.79. The minimum absolute atomic E-state index is 0.213. The van der Waals surface area contributed by atoms with Crippen LogP contribution in [0.4, 0.5) is 0 Å². The largest absolute Gasteiger partial charge is 0.288 e. The third kappa shape index (κ3) is 9.86. The van der Waals surface area contributed by atoms with Crippen molar-refractivity contribution in [1.82, 2.24) is 0 Å². The van der Waals surface area contributed by atoms with Gasteiger partial charge in [0.2, 0.25) is 0 Å². The number of hydrogen-bond acceptors (Lipinski definition) is 1. The number of hydrogen-bond donors (Lipinski definition) is 0. The minimum atomic E-state index is 0.213. The summed E-state index contributed by atoms with van der Waals surface area (Å²) in [5.41, 5.74) is 12.7. The van der Waals surface area contributed by atoms with E-state index in [1.54, 1.807) is 18.2 Å². The maximum absolute atomic E-state index is 4.18. The fourth-order valence-corrected chi connectivity index (χ4v) is 3.65. The third-order valence-electron chi connectivity index (χ3n) is 6.57. The first-order chi connectivity index (χ1) is 15.0. The molecule has 1 nitrogen and oxygen atoms in total. The summed E-state index contributed by atoms with van der Waals surface area (Å²) < 4.78 is 0. The van der Waals surface area contributed by atoms with Gasteiger partial charge in [-0.2, -0.15) is 0 Å². The van der Waals surface area contributed by atoms with Crippen LogP contribution < -0.4 is 0 Å². The predicted molar refractivity (Wildman–Crippen MR) is 154 cm³/mol. The highest BCUT2D eigenvalue weighted by Crippen LogP contribution is 2.33. The quantitative estimate of drug-likeness (QED) is 0.381. The minimum Gasteiger partial charge on any atom is -0.288 e. The highest BCUT2D eigenvalue weighted by molar-refractivity contribution is 6.07. The van der Waals surface area contributed by atoms with E-state index in [2.05, 4.69) is 113 Å². The molecule has 0 aliphatic rings. The van der Waals surface area contributed by atoms with Gasteiger partial charge < -0.3 is 0 Å². The molecule has 0 amide bonds. The molecule has 0 atom stereocenters. The Bertz CT molecular complexity index is 890. The second kappa shape index (κ2) is 13.1. The van der Waals surface area contributed by atoms with Crippen molar-refractivity contribution in [1.29, 1.82) is 0 Å². The van der Waals surface area contributed by atoms with Crippen molar-refractivity contribution in [2.75, 3.05) is 7.05 Å². The van der Waals surface area contributed by atoms with Gasteiger partial charge in [-0.1, -0.05) is 91.7 Å². The molecule has 0 saturated carbocycles. The summed E-state index contributed by atoms with van der Waals surface area (Å²) in [6.45, 7) is 32.9. The number of aliphatic imine (C=N–C) groups is 1. The van der Waals surface area contributed by atoms with Crippen molar-refractivity contribution >= 4 is 11.3 Å². The molecular weight excluding hydrogens is 398 g/mol. The maximum Gasteiger partial charge on any atom is 0.0593 e. The van der Waals surface area contributed by atoms with E-state index in [1.165, 1.54) is 40.7 Å². The Kier molecular flexibility index (Phi) is 12.4. The number of nitrogens with zero attached hydrogens (tertiary/aromatic N) is 1. The van der Waals surface area contributed by atoms with E-state index < -0.39 is 0 Å². The van der Waals surface area contributed by atoms with Crippen molar-refractivity contribution < 1.29 is 0 Å². The van der Waals surface area contributed by atoms with Crippen molar-refractivity contribution in [3.05, 3.63) is 63.8 Å². The summed E-state index contributed by atoms with van der Waals surface area (Å²) >= 11 is 0. The maximum atomic E-state index is 4.18. The molecule has 1 aromatic carbocycles. The number of allylic oxidation sites excluding steroid dienone is 5. The molecule has 0 aliphatic heterocycles. The Hall–Kier alpha value is -1.89. The lowest BCUT2D eigenvalue weighted by atomic mass is 9.81. The molecule has 186 valence electrons. The van der Waals surface area contributed by atoms with Crippen LogP contribution in [0.2, 0.25) is 0 Å². The van der Waals surface area contributed by atoms with Crippen molar-refractivity contribution in [3.8, 4) is 0 Å². The first-order valence-electron chi connectivity index (χ1n) is 12.6. The third-order valence-corrected chi connectivity index (χ3v) is 6.57. The summed E-state index contributed by atoms with van der Waals surface area (Å²) in [5, 5.41) is 0. The molecule has 0 fully saturated rings. The predicted octanol–water partition coefficient (Wildman–Crippen LogP) is 10.2. The fraction of sp³-hybridized carbons (Fsp3) is 0.594. The van der Waals surface area contributed by atoms with E-state index in [-0.39, 0.29) is 10.8 Å². The molecular formula is C32H53N. The SMILES string of the molecule is C=C(C)C(/C=C(\C)C(C)(C)C)=NC.CCC/C(C)=C(\CC)c1cc(C(C)(C)C)cc(C)c1C. The molecule has 0 bridgehead atoms. The lowest BCUT2D eigenvalue weighted by molar-refractivity contribution is 0.504. The van der Waals surface area contributed by atoms with Crippen LogP contribution in [0.25, 0.3) is 5.57 Å². The molecule has 0 spiro atoms. The molecule has 0 unspecified atom stereocenters. The second-order valence-electron chi connectivity index (χ2n) is 11.5. The average Bonchev–Trinajstić information content (AvgIpc) is 2.68. The van der Waals surface area contributed by atoms with Crippen LogP contribution in [-0.4, -0.2) is 12.8 Å². The van der Waals surface area contributed by atoms with E-state index in [4.69, 9.17) is 0 Å². The van der Waals surface area contributed by atoms with E-state index in [0.717, 1.165) is 17.7 Å². The lowest BCUT2D eigenvalue weighted by Gasteiger charge is -2.24. The molecule has 0 N–H and O–H groups in total. The zero-order valence-corrected chi connectivity index (χ0v) is 24.5. The van der Waals surface area contributed by atoms with E-state index >= 15 is 0 Å². The van der Waals surface area contributed by atoms with Gasteiger partial charge >= 0.3 is 0 Å². The summed E-state index contributed by atoms with van der Waals surface area (Å²) in [4.78, 5) is 4.18. The van der Waals surface area contributed by atoms with E-state index in [1.807, 2.05) is 6.92 Å². The van der Waals surface area contributed by atoms with Crippen LogP contribution in [0.3, 0.4) is 0 Å². The molecule has 1 heteroatoms. The fourth-order valence-electron chi connectivity index (χ4n) is 3.65. The summed E-state index contributed by atoms with van der Waals surface area (Å²) in [6.07, 6.45) is 5.68. The van der Waals surface area contributed by atoms with Crippen LogP contribution in [0.1, 0.15) is 118 Å². The molecule has 0 saturated heterocycles. The Balaban J connectivity index is 0.000000684. The van der Waals surface area contributed by atoms with Gasteiger partial charge in [-0.15, -0.1) is 0 Å². The van der Waals surface area contributed by atoms with Crippen LogP contribution in [0.15, 0.2) is 46.5 Å². The summed E-state index contributed by atoms with van der Waals surface area (Å²) in [5.74, 6) is 0. The standard InChI is InChI=1S/C20H32.C12H21N/c1-9-11-14(3)18(10-2)19-13-17(20(6,7)8)12-15(4)16(19)5;1-9(2)11(13-7)8-10(3)12(4,5)6/h12-13H,9-11H2,1-8H3;8H,1H2,2-7H3/b18-14+;10-8+,13-11?. The van der Waals surface area contributed by atoms with Crippen molar-refractivity contribution in [2.24, 2.45) is 10.4 Å². The van der Waals surface area contributed by atoms with E-state index in [9.17, 15) is 0 Å². The highest BCUT2D eigenvalue weighted by atomic mass is 14.7. The average molecular weight is 452 g/mol. The molecule has 0 aliphatic carbocycles. The molecule has 1 aromatic rings. The normalized spacial score (nSPS) is 13.9. The molecule has 0 radical (unpaired) electrons. The van der Waals surface area contributed by atoms with Gasteiger partial charge in [0.25, 0.3) is 0 Å². The Morgan fingerprint density at radius 2 is 1.52 bits per heavy atom. The second-order valence-corrected chi connectivity index (χ2v) is 11.5. The van der Waals surface area contributed by atoms with Gasteiger partial charge in [0.1, 0.15) is 0 Å². The van der Waals surface area contributed by atoms with Crippen molar-refractivity contribution in [2.45, 2.75) is 115 Å². The Morgan fingerprint density at radius 3 is 1.88 bits per heavy atom.